The predicted molar refractivity (Wildman–Crippen MR) is 59.0 cm³/mol. The molecule has 4 nitrogen and oxygen atoms in total. The number of hydrogen-bond donors (Lipinski definition) is 1. The monoisotopic (exact) mass is 221 g/mol. The molecule has 4 heteroatoms. The first-order valence-electron chi connectivity index (χ1n) is 5.52. The van der Waals surface area contributed by atoms with Gasteiger partial charge >= 0.3 is 5.97 Å². The van der Waals surface area contributed by atoms with E-state index in [1.165, 1.54) is 13.5 Å². The fraction of sp³-hybridized carbons (Fsp3) is 0.500. The second kappa shape index (κ2) is 4.51. The smallest absolute Gasteiger partial charge is 0.341 e. The van der Waals surface area contributed by atoms with Crippen molar-refractivity contribution in [3.05, 3.63) is 22.9 Å². The summed E-state index contributed by atoms with van der Waals surface area (Å²) in [7, 11) is 1.46. The zero-order chi connectivity index (χ0) is 11.5. The van der Waals surface area contributed by atoms with E-state index >= 15 is 0 Å². The van der Waals surface area contributed by atoms with Crippen LogP contribution in [0.3, 0.4) is 0 Å². The fourth-order valence-corrected chi connectivity index (χ4v) is 2.10. The second-order valence-electron chi connectivity index (χ2n) is 4.02. The minimum Gasteiger partial charge on any atom is -0.480 e. The Morgan fingerprint density at radius 1 is 1.38 bits per heavy atom. The second-order valence-corrected chi connectivity index (χ2v) is 4.02. The lowest BCUT2D eigenvalue weighted by atomic mass is 10.1. The lowest BCUT2D eigenvalue weighted by molar-refractivity contribution is 0.0692. The van der Waals surface area contributed by atoms with Gasteiger partial charge in [0.05, 0.1) is 7.11 Å². The minimum atomic E-state index is -0.976. The van der Waals surface area contributed by atoms with Gasteiger partial charge in [0.15, 0.2) is 0 Å². The van der Waals surface area contributed by atoms with E-state index in [-0.39, 0.29) is 11.4 Å². The molecule has 1 heterocycles. The largest absolute Gasteiger partial charge is 0.480 e. The van der Waals surface area contributed by atoms with Gasteiger partial charge in [0.2, 0.25) is 5.88 Å². The molecule has 1 aliphatic rings. The van der Waals surface area contributed by atoms with E-state index in [0.29, 0.717) is 0 Å². The number of ether oxygens (including phenoxy) is 1. The molecule has 0 atom stereocenters. The highest BCUT2D eigenvalue weighted by Gasteiger charge is 2.18. The molecule has 0 bridgehead atoms. The number of carboxylic acids is 1. The van der Waals surface area contributed by atoms with Gasteiger partial charge in [0, 0.05) is 5.69 Å². The number of aryl methyl sites for hydroxylation is 2. The van der Waals surface area contributed by atoms with Gasteiger partial charge in [0.25, 0.3) is 0 Å². The van der Waals surface area contributed by atoms with Crippen LogP contribution in [0.4, 0.5) is 0 Å². The maximum Gasteiger partial charge on any atom is 0.341 e. The lowest BCUT2D eigenvalue weighted by Gasteiger charge is -2.10. The number of carbonyl (C=O) groups is 1. The first-order chi connectivity index (χ1) is 7.72. The summed E-state index contributed by atoms with van der Waals surface area (Å²) in [6, 6.07) is 1.72. The van der Waals surface area contributed by atoms with Crippen molar-refractivity contribution < 1.29 is 14.6 Å². The maximum absolute atomic E-state index is 11.0. The van der Waals surface area contributed by atoms with E-state index in [9.17, 15) is 4.79 Å². The summed E-state index contributed by atoms with van der Waals surface area (Å²) in [4.78, 5) is 15.3. The topological polar surface area (TPSA) is 59.4 Å². The number of methoxy groups -OCH3 is 1. The molecule has 1 N–H and O–H groups in total. The lowest BCUT2D eigenvalue weighted by Crippen LogP contribution is -2.07. The van der Waals surface area contributed by atoms with Crippen LogP contribution in [0, 0.1) is 0 Å². The number of rotatable bonds is 2. The van der Waals surface area contributed by atoms with Crippen LogP contribution in [-0.2, 0) is 12.8 Å². The molecule has 86 valence electrons. The van der Waals surface area contributed by atoms with Gasteiger partial charge in [-0.25, -0.2) is 9.78 Å². The molecule has 0 saturated carbocycles. The number of hydrogen-bond acceptors (Lipinski definition) is 3. The number of aromatic nitrogens is 1. The van der Waals surface area contributed by atoms with Gasteiger partial charge in [-0.3, -0.25) is 0 Å². The number of fused-ring (bicyclic) bond motifs is 1. The average Bonchev–Trinajstić information content (AvgIpc) is 2.51. The summed E-state index contributed by atoms with van der Waals surface area (Å²) in [5.41, 5.74) is 2.23. The Morgan fingerprint density at radius 3 is 2.81 bits per heavy atom. The molecule has 16 heavy (non-hydrogen) atoms. The summed E-state index contributed by atoms with van der Waals surface area (Å²) in [6.45, 7) is 0. The molecule has 0 radical (unpaired) electrons. The van der Waals surface area contributed by atoms with Crippen LogP contribution in [0.2, 0.25) is 0 Å². The Bertz CT molecular complexity index is 415. The van der Waals surface area contributed by atoms with E-state index in [0.717, 1.165) is 36.9 Å². The van der Waals surface area contributed by atoms with Crippen LogP contribution >= 0.6 is 0 Å². The van der Waals surface area contributed by atoms with Crippen LogP contribution in [-0.4, -0.2) is 23.2 Å². The minimum absolute atomic E-state index is 0.170. The quantitative estimate of drug-likeness (QED) is 0.776. The zero-order valence-electron chi connectivity index (χ0n) is 9.32. The molecule has 0 saturated heterocycles. The van der Waals surface area contributed by atoms with Gasteiger partial charge in [-0.05, 0) is 37.3 Å². The number of nitrogens with zero attached hydrogens (tertiary/aromatic N) is 1. The summed E-state index contributed by atoms with van der Waals surface area (Å²) >= 11 is 0. The highest BCUT2D eigenvalue weighted by Crippen LogP contribution is 2.25. The maximum atomic E-state index is 11.0. The van der Waals surface area contributed by atoms with Crippen molar-refractivity contribution in [3.63, 3.8) is 0 Å². The Hall–Kier alpha value is -1.58. The van der Waals surface area contributed by atoms with Crippen LogP contribution in [0.5, 0.6) is 5.88 Å². The first kappa shape index (κ1) is 10.9. The third kappa shape index (κ3) is 2.01. The summed E-state index contributed by atoms with van der Waals surface area (Å²) in [6.07, 6.45) is 5.26. The first-order valence-corrected chi connectivity index (χ1v) is 5.52. The SMILES string of the molecule is COc1nc2c(cc1C(=O)O)CCCCC2. The molecule has 0 unspecified atom stereocenters. The van der Waals surface area contributed by atoms with E-state index in [1.54, 1.807) is 6.07 Å². The van der Waals surface area contributed by atoms with E-state index in [2.05, 4.69) is 4.98 Å². The number of aromatic carboxylic acids is 1. The van der Waals surface area contributed by atoms with Crippen LogP contribution in [0.1, 0.15) is 40.9 Å². The Kier molecular flexibility index (Phi) is 3.08. The molecule has 1 aromatic heterocycles. The number of pyridine rings is 1. The standard InChI is InChI=1S/C12H15NO3/c1-16-11-9(12(14)15)7-8-5-3-2-4-6-10(8)13-11/h7H,2-6H2,1H3,(H,14,15). The van der Waals surface area contributed by atoms with Crippen LogP contribution < -0.4 is 4.74 Å². The summed E-state index contributed by atoms with van der Waals surface area (Å²) < 4.78 is 5.02. The van der Waals surface area contributed by atoms with Crippen molar-refractivity contribution in [1.82, 2.24) is 4.98 Å². The van der Waals surface area contributed by atoms with Crippen LogP contribution in [0.15, 0.2) is 6.07 Å². The molecule has 0 aliphatic heterocycles. The Labute approximate surface area is 94.3 Å². The third-order valence-electron chi connectivity index (χ3n) is 2.94. The fourth-order valence-electron chi connectivity index (χ4n) is 2.10. The van der Waals surface area contributed by atoms with Crippen molar-refractivity contribution in [2.75, 3.05) is 7.11 Å². The van der Waals surface area contributed by atoms with Crippen molar-refractivity contribution in [1.29, 1.82) is 0 Å². The summed E-state index contributed by atoms with van der Waals surface area (Å²) in [5, 5.41) is 9.05. The summed E-state index contributed by atoms with van der Waals surface area (Å²) in [5.74, 6) is -0.746. The predicted octanol–water partition coefficient (Wildman–Crippen LogP) is 2.06. The molecule has 0 fully saturated rings. The Balaban J connectivity index is 2.48. The highest BCUT2D eigenvalue weighted by atomic mass is 16.5. The molecule has 1 aliphatic carbocycles. The van der Waals surface area contributed by atoms with E-state index in [4.69, 9.17) is 9.84 Å². The van der Waals surface area contributed by atoms with Crippen molar-refractivity contribution in [3.8, 4) is 5.88 Å². The van der Waals surface area contributed by atoms with E-state index < -0.39 is 5.97 Å². The van der Waals surface area contributed by atoms with Gasteiger partial charge < -0.3 is 9.84 Å². The molecule has 2 rings (SSSR count). The third-order valence-corrected chi connectivity index (χ3v) is 2.94. The van der Waals surface area contributed by atoms with Crippen LogP contribution in [0.25, 0.3) is 0 Å². The normalized spacial score (nSPS) is 15.1. The van der Waals surface area contributed by atoms with Gasteiger partial charge in [-0.2, -0.15) is 0 Å². The molecule has 0 spiro atoms. The van der Waals surface area contributed by atoms with Gasteiger partial charge in [-0.15, -0.1) is 0 Å². The van der Waals surface area contributed by atoms with E-state index in [1.807, 2.05) is 0 Å². The van der Waals surface area contributed by atoms with Crippen molar-refractivity contribution in [2.24, 2.45) is 0 Å². The molecular weight excluding hydrogens is 206 g/mol. The highest BCUT2D eigenvalue weighted by molar-refractivity contribution is 5.90. The Morgan fingerprint density at radius 2 is 2.12 bits per heavy atom. The zero-order valence-corrected chi connectivity index (χ0v) is 9.32. The molecular formula is C12H15NO3. The van der Waals surface area contributed by atoms with Crippen molar-refractivity contribution >= 4 is 5.97 Å². The molecule has 0 aromatic carbocycles. The van der Waals surface area contributed by atoms with Gasteiger partial charge in [0.1, 0.15) is 5.56 Å². The van der Waals surface area contributed by atoms with Gasteiger partial charge in [-0.1, -0.05) is 6.42 Å². The molecule has 1 aromatic rings. The number of carboxylic acid groups (broad SMARTS) is 1. The van der Waals surface area contributed by atoms with Crippen molar-refractivity contribution in [2.45, 2.75) is 32.1 Å². The average molecular weight is 221 g/mol. The molecule has 0 amide bonds.